The second-order valence-electron chi connectivity index (χ2n) is 6.62. The maximum absolute atomic E-state index is 12.6. The first-order valence-corrected chi connectivity index (χ1v) is 9.02. The van der Waals surface area contributed by atoms with Crippen LogP contribution in [-0.4, -0.2) is 22.0 Å². The second kappa shape index (κ2) is 7.55. The molecular formula is C22H18N4O3. The van der Waals surface area contributed by atoms with Crippen LogP contribution in [0.5, 0.6) is 0 Å². The Morgan fingerprint density at radius 3 is 2.55 bits per heavy atom. The minimum atomic E-state index is -0.327. The minimum Gasteiger partial charge on any atom is -0.361 e. The summed E-state index contributed by atoms with van der Waals surface area (Å²) in [6, 6.07) is 16.4. The molecule has 0 radical (unpaired) electrons. The van der Waals surface area contributed by atoms with Gasteiger partial charge in [-0.05, 0) is 43.7 Å². The van der Waals surface area contributed by atoms with Crippen molar-refractivity contribution in [2.24, 2.45) is 0 Å². The summed E-state index contributed by atoms with van der Waals surface area (Å²) in [5.41, 5.74) is 3.41. The van der Waals surface area contributed by atoms with E-state index < -0.39 is 0 Å². The van der Waals surface area contributed by atoms with Gasteiger partial charge in [0.05, 0.1) is 11.7 Å². The number of benzene rings is 2. The Hall–Kier alpha value is -4.00. The third-order valence-electron chi connectivity index (χ3n) is 4.57. The summed E-state index contributed by atoms with van der Waals surface area (Å²) in [6.45, 7) is 3.54. The summed E-state index contributed by atoms with van der Waals surface area (Å²) >= 11 is 0. The summed E-state index contributed by atoms with van der Waals surface area (Å²) in [6.07, 6.45) is 1.37. The first kappa shape index (κ1) is 18.4. The number of para-hydroxylation sites is 1. The Morgan fingerprint density at radius 1 is 0.931 bits per heavy atom. The lowest BCUT2D eigenvalue weighted by Crippen LogP contribution is -2.15. The number of rotatable bonds is 4. The molecular weight excluding hydrogens is 368 g/mol. The van der Waals surface area contributed by atoms with Gasteiger partial charge in [-0.25, -0.2) is 4.98 Å². The molecule has 0 aliphatic carbocycles. The van der Waals surface area contributed by atoms with E-state index >= 15 is 0 Å². The van der Waals surface area contributed by atoms with Gasteiger partial charge in [0.15, 0.2) is 0 Å². The number of aromatic nitrogens is 2. The predicted molar refractivity (Wildman–Crippen MR) is 110 cm³/mol. The van der Waals surface area contributed by atoms with Crippen LogP contribution in [-0.2, 0) is 0 Å². The van der Waals surface area contributed by atoms with Crippen LogP contribution in [0, 0.1) is 13.8 Å². The molecule has 2 heterocycles. The SMILES string of the molecule is Cc1ccc(NC(=O)c2ccc3ccccc3n2)cc1NC(=O)c1cnoc1C. The lowest BCUT2D eigenvalue weighted by atomic mass is 10.1. The number of anilines is 2. The van der Waals surface area contributed by atoms with E-state index in [1.165, 1.54) is 6.20 Å². The maximum Gasteiger partial charge on any atom is 0.274 e. The van der Waals surface area contributed by atoms with Crippen molar-refractivity contribution >= 4 is 34.1 Å². The molecule has 0 unspecified atom stereocenters. The van der Waals surface area contributed by atoms with Crippen LogP contribution in [0.4, 0.5) is 11.4 Å². The molecule has 0 aliphatic rings. The van der Waals surface area contributed by atoms with Gasteiger partial charge in [0, 0.05) is 16.8 Å². The van der Waals surface area contributed by atoms with Crippen molar-refractivity contribution in [3.05, 3.63) is 83.4 Å². The van der Waals surface area contributed by atoms with Crippen molar-refractivity contribution in [1.29, 1.82) is 0 Å². The van der Waals surface area contributed by atoms with Crippen LogP contribution >= 0.6 is 0 Å². The number of nitrogens with zero attached hydrogens (tertiary/aromatic N) is 2. The largest absolute Gasteiger partial charge is 0.361 e. The Morgan fingerprint density at radius 2 is 1.76 bits per heavy atom. The highest BCUT2D eigenvalue weighted by Gasteiger charge is 2.15. The van der Waals surface area contributed by atoms with Crippen LogP contribution in [0.25, 0.3) is 10.9 Å². The molecule has 2 aromatic heterocycles. The van der Waals surface area contributed by atoms with Gasteiger partial charge in [0.1, 0.15) is 17.0 Å². The van der Waals surface area contributed by atoms with E-state index in [0.29, 0.717) is 28.4 Å². The molecule has 4 rings (SSSR count). The summed E-state index contributed by atoms with van der Waals surface area (Å²) in [4.78, 5) is 29.4. The Kier molecular flexibility index (Phi) is 4.78. The molecule has 29 heavy (non-hydrogen) atoms. The molecule has 0 atom stereocenters. The molecule has 144 valence electrons. The second-order valence-corrected chi connectivity index (χ2v) is 6.62. The standard InChI is InChI=1S/C22H18N4O3/c1-13-7-9-16(11-20(13)26-21(27)17-12-23-29-14(17)2)24-22(28)19-10-8-15-5-3-4-6-18(15)25-19/h3-12H,1-2H3,(H,24,28)(H,26,27). The van der Waals surface area contributed by atoms with E-state index in [4.69, 9.17) is 4.52 Å². The number of hydrogen-bond donors (Lipinski definition) is 2. The highest BCUT2D eigenvalue weighted by Crippen LogP contribution is 2.22. The highest BCUT2D eigenvalue weighted by molar-refractivity contribution is 6.07. The van der Waals surface area contributed by atoms with Gasteiger partial charge in [-0.2, -0.15) is 0 Å². The molecule has 2 N–H and O–H groups in total. The quantitative estimate of drug-likeness (QED) is 0.544. The Balaban J connectivity index is 1.54. The number of aryl methyl sites for hydroxylation is 2. The number of carbonyl (C=O) groups excluding carboxylic acids is 2. The van der Waals surface area contributed by atoms with Gasteiger partial charge in [-0.1, -0.05) is 35.5 Å². The van der Waals surface area contributed by atoms with Crippen molar-refractivity contribution in [1.82, 2.24) is 10.1 Å². The van der Waals surface area contributed by atoms with E-state index in [0.717, 1.165) is 16.5 Å². The number of nitrogens with one attached hydrogen (secondary N) is 2. The van der Waals surface area contributed by atoms with Crippen LogP contribution in [0.1, 0.15) is 32.2 Å². The summed E-state index contributed by atoms with van der Waals surface area (Å²) in [5, 5.41) is 10.2. The Labute approximate surface area is 166 Å². The van der Waals surface area contributed by atoms with Gasteiger partial charge < -0.3 is 15.2 Å². The number of carbonyl (C=O) groups is 2. The molecule has 0 bridgehead atoms. The first-order valence-electron chi connectivity index (χ1n) is 9.02. The molecule has 4 aromatic rings. The van der Waals surface area contributed by atoms with Gasteiger partial charge >= 0.3 is 0 Å². The highest BCUT2D eigenvalue weighted by atomic mass is 16.5. The van der Waals surface area contributed by atoms with Crippen molar-refractivity contribution in [2.75, 3.05) is 10.6 Å². The molecule has 0 saturated carbocycles. The number of amides is 2. The maximum atomic E-state index is 12.6. The van der Waals surface area contributed by atoms with Gasteiger partial charge in [-0.15, -0.1) is 0 Å². The first-order chi connectivity index (χ1) is 14.0. The van der Waals surface area contributed by atoms with Crippen LogP contribution in [0.15, 0.2) is 65.3 Å². The van der Waals surface area contributed by atoms with Gasteiger partial charge in [0.25, 0.3) is 11.8 Å². The zero-order valence-corrected chi connectivity index (χ0v) is 15.9. The van der Waals surface area contributed by atoms with Gasteiger partial charge in [-0.3, -0.25) is 9.59 Å². The fourth-order valence-corrected chi connectivity index (χ4v) is 2.93. The van der Waals surface area contributed by atoms with Crippen LogP contribution < -0.4 is 10.6 Å². The van der Waals surface area contributed by atoms with Crippen LogP contribution in [0.2, 0.25) is 0 Å². The minimum absolute atomic E-state index is 0.315. The number of fused-ring (bicyclic) bond motifs is 1. The normalized spacial score (nSPS) is 10.7. The Bertz CT molecular complexity index is 1230. The number of pyridine rings is 1. The predicted octanol–water partition coefficient (Wildman–Crippen LogP) is 4.34. The van der Waals surface area contributed by atoms with E-state index in [-0.39, 0.29) is 11.8 Å². The fourth-order valence-electron chi connectivity index (χ4n) is 2.93. The molecule has 0 fully saturated rings. The van der Waals surface area contributed by atoms with Crippen molar-refractivity contribution in [3.8, 4) is 0 Å². The van der Waals surface area contributed by atoms with E-state index in [9.17, 15) is 9.59 Å². The third kappa shape index (κ3) is 3.84. The molecule has 0 spiro atoms. The van der Waals surface area contributed by atoms with Crippen molar-refractivity contribution < 1.29 is 14.1 Å². The fraction of sp³-hybridized carbons (Fsp3) is 0.0909. The molecule has 7 heteroatoms. The molecule has 2 amide bonds. The van der Waals surface area contributed by atoms with E-state index in [1.54, 1.807) is 25.1 Å². The van der Waals surface area contributed by atoms with Crippen molar-refractivity contribution in [3.63, 3.8) is 0 Å². The van der Waals surface area contributed by atoms with E-state index in [1.807, 2.05) is 43.3 Å². The molecule has 0 aliphatic heterocycles. The monoisotopic (exact) mass is 386 g/mol. The van der Waals surface area contributed by atoms with E-state index in [2.05, 4.69) is 20.8 Å². The van der Waals surface area contributed by atoms with Crippen LogP contribution in [0.3, 0.4) is 0 Å². The molecule has 0 saturated heterocycles. The van der Waals surface area contributed by atoms with Crippen molar-refractivity contribution in [2.45, 2.75) is 13.8 Å². The zero-order valence-electron chi connectivity index (χ0n) is 15.9. The third-order valence-corrected chi connectivity index (χ3v) is 4.57. The lowest BCUT2D eigenvalue weighted by Gasteiger charge is -2.11. The smallest absolute Gasteiger partial charge is 0.274 e. The molecule has 7 nitrogen and oxygen atoms in total. The number of hydrogen-bond acceptors (Lipinski definition) is 5. The summed E-state index contributed by atoms with van der Waals surface area (Å²) < 4.78 is 4.93. The summed E-state index contributed by atoms with van der Waals surface area (Å²) in [7, 11) is 0. The molecule has 2 aromatic carbocycles. The zero-order chi connectivity index (χ0) is 20.4. The van der Waals surface area contributed by atoms with Gasteiger partial charge in [0.2, 0.25) is 0 Å². The topological polar surface area (TPSA) is 97.1 Å². The summed E-state index contributed by atoms with van der Waals surface area (Å²) in [5.74, 6) is -0.217. The average Bonchev–Trinajstić information content (AvgIpc) is 3.16. The lowest BCUT2D eigenvalue weighted by molar-refractivity contribution is 0.101. The average molecular weight is 386 g/mol.